The van der Waals surface area contributed by atoms with Crippen LogP contribution in [0.25, 0.3) is 0 Å². The Hall–Kier alpha value is -1.36. The van der Waals surface area contributed by atoms with Gasteiger partial charge in [-0.15, -0.1) is 0 Å². The van der Waals surface area contributed by atoms with Gasteiger partial charge in [-0.3, -0.25) is 14.2 Å². The van der Waals surface area contributed by atoms with E-state index in [1.807, 2.05) is 13.1 Å². The Bertz CT molecular complexity index is 822. The molecule has 6 nitrogen and oxygen atoms in total. The van der Waals surface area contributed by atoms with Gasteiger partial charge in [0, 0.05) is 25.2 Å². The Kier molecular flexibility index (Phi) is 5.99. The van der Waals surface area contributed by atoms with Crippen LogP contribution in [0.3, 0.4) is 0 Å². The first-order chi connectivity index (χ1) is 12.7. The van der Waals surface area contributed by atoms with E-state index in [2.05, 4.69) is 47.4 Å². The second kappa shape index (κ2) is 7.94. The summed E-state index contributed by atoms with van der Waals surface area (Å²) >= 11 is 6.40. The summed E-state index contributed by atoms with van der Waals surface area (Å²) in [5.41, 5.74) is 0.363. The van der Waals surface area contributed by atoms with Crippen molar-refractivity contribution < 1.29 is 18.0 Å². The van der Waals surface area contributed by atoms with E-state index in [0.29, 0.717) is 25.2 Å². The highest BCUT2D eigenvalue weighted by atomic mass is 79.9. The second-order valence-corrected chi connectivity index (χ2v) is 8.15. The highest BCUT2D eigenvalue weighted by Gasteiger charge is 2.41. The van der Waals surface area contributed by atoms with Crippen LogP contribution in [0.15, 0.2) is 15.1 Å². The minimum absolute atomic E-state index is 0.0253. The number of amides is 1. The van der Waals surface area contributed by atoms with Crippen molar-refractivity contribution in [1.82, 2.24) is 24.9 Å². The van der Waals surface area contributed by atoms with Crippen LogP contribution in [0.5, 0.6) is 0 Å². The molecular formula is C16H18Br2F3N5O. The zero-order valence-electron chi connectivity index (χ0n) is 14.5. The molecule has 0 saturated heterocycles. The van der Waals surface area contributed by atoms with Crippen molar-refractivity contribution in [2.45, 2.75) is 51.4 Å². The number of rotatable bonds is 7. The molecule has 2 heterocycles. The van der Waals surface area contributed by atoms with Crippen molar-refractivity contribution in [2.24, 2.45) is 0 Å². The first kappa shape index (κ1) is 20.4. The number of nitrogens with zero attached hydrogens (tertiary/aromatic N) is 4. The molecule has 2 aromatic heterocycles. The largest absolute Gasteiger partial charge is 0.436 e. The van der Waals surface area contributed by atoms with Crippen molar-refractivity contribution in [3.8, 4) is 0 Å². The molecule has 2 aromatic rings. The van der Waals surface area contributed by atoms with Crippen molar-refractivity contribution in [3.63, 3.8) is 0 Å². The SMILES string of the molecule is Cc1nn(CCCNC(=O)Cn2nc(C(F)(F)F)c(Br)c2C2CC2)cc1Br. The number of carbonyl (C=O) groups is 1. The molecule has 1 saturated carbocycles. The lowest BCUT2D eigenvalue weighted by Gasteiger charge is -2.08. The summed E-state index contributed by atoms with van der Waals surface area (Å²) in [7, 11) is 0. The van der Waals surface area contributed by atoms with Gasteiger partial charge in [0.15, 0.2) is 5.69 Å². The summed E-state index contributed by atoms with van der Waals surface area (Å²) < 4.78 is 43.1. The fourth-order valence-electron chi connectivity index (χ4n) is 2.77. The summed E-state index contributed by atoms with van der Waals surface area (Å²) in [6.07, 6.45) is -0.422. The molecule has 1 aliphatic rings. The predicted molar refractivity (Wildman–Crippen MR) is 99.2 cm³/mol. The third kappa shape index (κ3) is 4.92. The lowest BCUT2D eigenvalue weighted by Crippen LogP contribution is -2.30. The molecule has 1 N–H and O–H groups in total. The van der Waals surface area contributed by atoms with Gasteiger partial charge in [-0.25, -0.2) is 0 Å². The van der Waals surface area contributed by atoms with E-state index < -0.39 is 11.9 Å². The standard InChI is InChI=1S/C16H18Br2F3N5O/c1-9-11(17)7-25(23-9)6-2-5-22-12(27)8-26-14(10-3-4-10)13(18)15(24-26)16(19,20)21/h7,10H,2-6,8H2,1H3,(H,22,27). The van der Waals surface area contributed by atoms with Crippen LogP contribution in [-0.4, -0.2) is 32.0 Å². The molecule has 148 valence electrons. The van der Waals surface area contributed by atoms with Crippen molar-refractivity contribution >= 4 is 37.8 Å². The first-order valence-electron chi connectivity index (χ1n) is 8.46. The van der Waals surface area contributed by atoms with Crippen LogP contribution < -0.4 is 5.32 Å². The molecule has 1 fully saturated rings. The lowest BCUT2D eigenvalue weighted by atomic mass is 10.2. The van der Waals surface area contributed by atoms with Gasteiger partial charge < -0.3 is 5.32 Å². The van der Waals surface area contributed by atoms with E-state index in [9.17, 15) is 18.0 Å². The number of nitrogens with one attached hydrogen (secondary N) is 1. The number of aromatic nitrogens is 4. The van der Waals surface area contributed by atoms with E-state index in [0.717, 1.165) is 23.0 Å². The predicted octanol–water partition coefficient (Wildman–Crippen LogP) is 4.02. The first-order valence-corrected chi connectivity index (χ1v) is 10.0. The van der Waals surface area contributed by atoms with E-state index in [-0.39, 0.29) is 22.8 Å². The number of halogens is 5. The van der Waals surface area contributed by atoms with E-state index in [4.69, 9.17) is 0 Å². The number of alkyl halides is 3. The molecule has 1 amide bonds. The molecule has 1 aliphatic carbocycles. The summed E-state index contributed by atoms with van der Waals surface area (Å²) in [4.78, 5) is 12.1. The summed E-state index contributed by atoms with van der Waals surface area (Å²) in [5.74, 6) is -0.337. The maximum Gasteiger partial charge on any atom is 0.436 e. The highest BCUT2D eigenvalue weighted by molar-refractivity contribution is 9.10. The average molecular weight is 513 g/mol. The minimum Gasteiger partial charge on any atom is -0.354 e. The molecule has 0 spiro atoms. The van der Waals surface area contributed by atoms with Gasteiger partial charge in [-0.05, 0) is 58.0 Å². The Morgan fingerprint density at radius 2 is 2.04 bits per heavy atom. The molecule has 3 rings (SSSR count). The van der Waals surface area contributed by atoms with E-state index in [1.165, 1.54) is 4.68 Å². The van der Waals surface area contributed by atoms with Crippen LogP contribution in [0, 0.1) is 6.92 Å². The molecule has 0 radical (unpaired) electrons. The second-order valence-electron chi connectivity index (χ2n) is 6.51. The fraction of sp³-hybridized carbons (Fsp3) is 0.562. The average Bonchev–Trinajstić information content (AvgIpc) is 3.27. The van der Waals surface area contributed by atoms with Crippen molar-refractivity contribution in [2.75, 3.05) is 6.54 Å². The van der Waals surface area contributed by atoms with Crippen LogP contribution in [0.1, 0.15) is 42.3 Å². The van der Waals surface area contributed by atoms with Gasteiger partial charge in [0.1, 0.15) is 6.54 Å². The van der Waals surface area contributed by atoms with Crippen molar-refractivity contribution in [1.29, 1.82) is 0 Å². The zero-order valence-corrected chi connectivity index (χ0v) is 17.7. The number of hydrogen-bond donors (Lipinski definition) is 1. The van der Waals surface area contributed by atoms with Crippen LogP contribution in [-0.2, 0) is 24.1 Å². The lowest BCUT2D eigenvalue weighted by molar-refractivity contribution is -0.142. The van der Waals surface area contributed by atoms with Crippen molar-refractivity contribution in [3.05, 3.63) is 32.2 Å². The number of carbonyl (C=O) groups excluding carboxylic acids is 1. The summed E-state index contributed by atoms with van der Waals surface area (Å²) in [5, 5.41) is 10.7. The summed E-state index contributed by atoms with van der Waals surface area (Å²) in [6.45, 7) is 2.69. The highest BCUT2D eigenvalue weighted by Crippen LogP contribution is 2.46. The van der Waals surface area contributed by atoms with Gasteiger partial charge in [0.2, 0.25) is 5.91 Å². The Balaban J connectivity index is 1.56. The number of hydrogen-bond acceptors (Lipinski definition) is 3. The molecule has 0 aliphatic heterocycles. The molecule has 0 aromatic carbocycles. The number of aryl methyl sites for hydroxylation is 2. The molecule has 0 bridgehead atoms. The van der Waals surface area contributed by atoms with Gasteiger partial charge in [0.05, 0.1) is 20.3 Å². The molecule has 11 heteroatoms. The quantitative estimate of drug-likeness (QED) is 0.570. The smallest absolute Gasteiger partial charge is 0.354 e. The normalized spacial score (nSPS) is 14.6. The Labute approximate surface area is 170 Å². The molecule has 27 heavy (non-hydrogen) atoms. The van der Waals surface area contributed by atoms with Crippen LogP contribution in [0.4, 0.5) is 13.2 Å². The van der Waals surface area contributed by atoms with E-state index in [1.54, 1.807) is 4.68 Å². The fourth-order valence-corrected chi connectivity index (χ4v) is 3.92. The third-order valence-electron chi connectivity index (χ3n) is 4.23. The summed E-state index contributed by atoms with van der Waals surface area (Å²) in [6, 6.07) is 0. The zero-order chi connectivity index (χ0) is 19.8. The topological polar surface area (TPSA) is 64.7 Å². The van der Waals surface area contributed by atoms with Gasteiger partial charge >= 0.3 is 6.18 Å². The maximum atomic E-state index is 13.1. The minimum atomic E-state index is -4.56. The van der Waals surface area contributed by atoms with Gasteiger partial charge in [0.25, 0.3) is 0 Å². The monoisotopic (exact) mass is 511 g/mol. The third-order valence-corrected chi connectivity index (χ3v) is 5.79. The molecular weight excluding hydrogens is 495 g/mol. The van der Waals surface area contributed by atoms with Crippen LogP contribution in [0.2, 0.25) is 0 Å². The molecule has 0 atom stereocenters. The maximum absolute atomic E-state index is 13.1. The Morgan fingerprint density at radius 3 is 2.59 bits per heavy atom. The van der Waals surface area contributed by atoms with Gasteiger partial charge in [-0.2, -0.15) is 23.4 Å². The Morgan fingerprint density at radius 1 is 1.33 bits per heavy atom. The molecule has 0 unspecified atom stereocenters. The van der Waals surface area contributed by atoms with Gasteiger partial charge in [-0.1, -0.05) is 0 Å². The van der Waals surface area contributed by atoms with Crippen LogP contribution >= 0.6 is 31.9 Å². The van der Waals surface area contributed by atoms with E-state index >= 15 is 0 Å².